The molecule has 0 fully saturated rings. The first-order valence-corrected chi connectivity index (χ1v) is 5.49. The number of ether oxygens (including phenoxy) is 1. The highest BCUT2D eigenvalue weighted by Crippen LogP contribution is 2.11. The fourth-order valence-electron chi connectivity index (χ4n) is 1.39. The van der Waals surface area contributed by atoms with Crippen molar-refractivity contribution in [1.29, 1.82) is 0 Å². The highest BCUT2D eigenvalue weighted by atomic mass is 19.1. The second-order valence-corrected chi connectivity index (χ2v) is 3.72. The van der Waals surface area contributed by atoms with Crippen molar-refractivity contribution < 1.29 is 13.9 Å². The lowest BCUT2D eigenvalue weighted by Gasteiger charge is -2.13. The molecule has 0 heterocycles. The third-order valence-corrected chi connectivity index (χ3v) is 2.24. The fourth-order valence-corrected chi connectivity index (χ4v) is 1.39. The van der Waals surface area contributed by atoms with Crippen molar-refractivity contribution in [3.8, 4) is 0 Å². The molecule has 0 bridgehead atoms. The average molecular weight is 240 g/mol. The molecule has 0 saturated carbocycles. The van der Waals surface area contributed by atoms with E-state index in [0.717, 1.165) is 0 Å². The number of nitrogen functional groups attached to an aromatic ring is 1. The van der Waals surface area contributed by atoms with Gasteiger partial charge in [0.2, 0.25) is 0 Å². The molecule has 94 valence electrons. The van der Waals surface area contributed by atoms with E-state index in [1.54, 1.807) is 0 Å². The molecular weight excluding hydrogens is 223 g/mol. The molecule has 0 aromatic heterocycles. The number of carbonyl (C=O) groups is 1. The molecule has 1 aromatic rings. The molecule has 0 radical (unpaired) electrons. The van der Waals surface area contributed by atoms with Gasteiger partial charge < -0.3 is 15.8 Å². The maximum Gasteiger partial charge on any atom is 0.254 e. The van der Waals surface area contributed by atoms with E-state index in [0.29, 0.717) is 18.8 Å². The summed E-state index contributed by atoms with van der Waals surface area (Å²) >= 11 is 0. The maximum atomic E-state index is 13.3. The van der Waals surface area contributed by atoms with Crippen molar-refractivity contribution in [2.24, 2.45) is 0 Å². The van der Waals surface area contributed by atoms with Gasteiger partial charge in [-0.2, -0.15) is 0 Å². The first kappa shape index (κ1) is 13.4. The number of halogens is 1. The molecule has 4 nitrogen and oxygen atoms in total. The number of hydrogen-bond acceptors (Lipinski definition) is 3. The summed E-state index contributed by atoms with van der Waals surface area (Å²) < 4.78 is 18.6. The van der Waals surface area contributed by atoms with Crippen molar-refractivity contribution in [2.75, 3.05) is 18.9 Å². The van der Waals surface area contributed by atoms with Crippen LogP contribution in [-0.4, -0.2) is 25.2 Å². The van der Waals surface area contributed by atoms with Gasteiger partial charge in [0.05, 0.1) is 11.7 Å². The number of amides is 1. The fraction of sp³-hybridized carbons (Fsp3) is 0.417. The zero-order chi connectivity index (χ0) is 12.8. The van der Waals surface area contributed by atoms with Crippen molar-refractivity contribution in [3.63, 3.8) is 0 Å². The summed E-state index contributed by atoms with van der Waals surface area (Å²) in [7, 11) is 0. The van der Waals surface area contributed by atoms with Gasteiger partial charge in [0.25, 0.3) is 5.91 Å². The lowest BCUT2D eigenvalue weighted by atomic mass is 10.1. The molecule has 1 amide bonds. The molecule has 0 aliphatic heterocycles. The standard InChI is InChI=1S/C12H17FN2O2/c1-3-17-8(2)7-15-12(16)10-6-9(14)4-5-11(10)13/h4-6,8H,3,7,14H2,1-2H3,(H,15,16). The first-order valence-electron chi connectivity index (χ1n) is 5.49. The van der Waals surface area contributed by atoms with Gasteiger partial charge in [-0.15, -0.1) is 0 Å². The number of carbonyl (C=O) groups excluding carboxylic acids is 1. The Morgan fingerprint density at radius 3 is 2.94 bits per heavy atom. The van der Waals surface area contributed by atoms with Crippen molar-refractivity contribution >= 4 is 11.6 Å². The predicted molar refractivity (Wildman–Crippen MR) is 64.2 cm³/mol. The molecular formula is C12H17FN2O2. The van der Waals surface area contributed by atoms with Gasteiger partial charge in [-0.05, 0) is 32.0 Å². The SMILES string of the molecule is CCOC(C)CNC(=O)c1cc(N)ccc1F. The summed E-state index contributed by atoms with van der Waals surface area (Å²) in [6, 6.07) is 3.90. The van der Waals surface area contributed by atoms with Crippen LogP contribution in [0.2, 0.25) is 0 Å². The lowest BCUT2D eigenvalue weighted by Crippen LogP contribution is -2.32. The van der Waals surface area contributed by atoms with Crippen LogP contribution in [0.15, 0.2) is 18.2 Å². The van der Waals surface area contributed by atoms with E-state index in [-0.39, 0.29) is 11.7 Å². The number of hydrogen-bond donors (Lipinski definition) is 2. The van der Waals surface area contributed by atoms with E-state index >= 15 is 0 Å². The first-order chi connectivity index (χ1) is 8.04. The smallest absolute Gasteiger partial charge is 0.254 e. The normalized spacial score (nSPS) is 12.2. The number of anilines is 1. The van der Waals surface area contributed by atoms with E-state index in [9.17, 15) is 9.18 Å². The molecule has 0 aliphatic rings. The topological polar surface area (TPSA) is 64.3 Å². The van der Waals surface area contributed by atoms with Crippen molar-refractivity contribution in [3.05, 3.63) is 29.6 Å². The van der Waals surface area contributed by atoms with Gasteiger partial charge in [0.1, 0.15) is 5.82 Å². The largest absolute Gasteiger partial charge is 0.399 e. The Bertz CT molecular complexity index is 396. The van der Waals surface area contributed by atoms with Crippen LogP contribution in [0.4, 0.5) is 10.1 Å². The summed E-state index contributed by atoms with van der Waals surface area (Å²) in [5.41, 5.74) is 5.81. The van der Waals surface area contributed by atoms with Crippen molar-refractivity contribution in [2.45, 2.75) is 20.0 Å². The van der Waals surface area contributed by atoms with Crippen LogP contribution in [0, 0.1) is 5.82 Å². The van der Waals surface area contributed by atoms with Gasteiger partial charge in [0.15, 0.2) is 0 Å². The summed E-state index contributed by atoms with van der Waals surface area (Å²) in [6.45, 7) is 4.61. The molecule has 0 saturated heterocycles. The molecule has 1 rings (SSSR count). The molecule has 17 heavy (non-hydrogen) atoms. The van der Waals surface area contributed by atoms with Gasteiger partial charge in [0, 0.05) is 18.8 Å². The highest BCUT2D eigenvalue weighted by molar-refractivity contribution is 5.95. The molecule has 3 N–H and O–H groups in total. The van der Waals surface area contributed by atoms with Crippen molar-refractivity contribution in [1.82, 2.24) is 5.32 Å². The number of rotatable bonds is 5. The Morgan fingerprint density at radius 1 is 1.59 bits per heavy atom. The van der Waals surface area contributed by atoms with E-state index in [2.05, 4.69) is 5.32 Å². The summed E-state index contributed by atoms with van der Waals surface area (Å²) in [4.78, 5) is 11.7. The van der Waals surface area contributed by atoms with E-state index in [4.69, 9.17) is 10.5 Å². The van der Waals surface area contributed by atoms with Crippen LogP contribution in [0.3, 0.4) is 0 Å². The average Bonchev–Trinajstić information content (AvgIpc) is 2.29. The molecule has 5 heteroatoms. The Kier molecular flexibility index (Phi) is 4.90. The summed E-state index contributed by atoms with van der Waals surface area (Å²) in [5.74, 6) is -1.07. The van der Waals surface area contributed by atoms with E-state index in [1.165, 1.54) is 18.2 Å². The zero-order valence-electron chi connectivity index (χ0n) is 10.00. The summed E-state index contributed by atoms with van der Waals surface area (Å²) in [6.07, 6.45) is -0.104. The molecule has 0 aliphatic carbocycles. The Morgan fingerprint density at radius 2 is 2.29 bits per heavy atom. The van der Waals surface area contributed by atoms with Gasteiger partial charge in [-0.25, -0.2) is 4.39 Å². The minimum absolute atomic E-state index is 0.0475. The Balaban J connectivity index is 2.61. The Labute approximate surface area is 100.0 Å². The van der Waals surface area contributed by atoms with Crippen LogP contribution < -0.4 is 11.1 Å². The van der Waals surface area contributed by atoms with Crippen LogP contribution >= 0.6 is 0 Å². The molecule has 0 spiro atoms. The minimum atomic E-state index is -0.583. The quantitative estimate of drug-likeness (QED) is 0.768. The van der Waals surface area contributed by atoms with Crippen LogP contribution in [0.25, 0.3) is 0 Å². The van der Waals surface area contributed by atoms with E-state index < -0.39 is 11.7 Å². The van der Waals surface area contributed by atoms with Gasteiger partial charge in [-0.1, -0.05) is 0 Å². The minimum Gasteiger partial charge on any atom is -0.399 e. The van der Waals surface area contributed by atoms with Gasteiger partial charge in [-0.3, -0.25) is 4.79 Å². The predicted octanol–water partition coefficient (Wildman–Crippen LogP) is 1.56. The second kappa shape index (κ2) is 6.20. The highest BCUT2D eigenvalue weighted by Gasteiger charge is 2.12. The monoisotopic (exact) mass is 240 g/mol. The maximum absolute atomic E-state index is 13.3. The van der Waals surface area contributed by atoms with Gasteiger partial charge >= 0.3 is 0 Å². The molecule has 1 aromatic carbocycles. The van der Waals surface area contributed by atoms with Crippen LogP contribution in [0.1, 0.15) is 24.2 Å². The number of nitrogens with one attached hydrogen (secondary N) is 1. The third-order valence-electron chi connectivity index (χ3n) is 2.24. The van der Waals surface area contributed by atoms with Crippen LogP contribution in [-0.2, 0) is 4.74 Å². The Hall–Kier alpha value is -1.62. The zero-order valence-corrected chi connectivity index (χ0v) is 10.00. The lowest BCUT2D eigenvalue weighted by molar-refractivity contribution is 0.0693. The summed E-state index contributed by atoms with van der Waals surface area (Å²) in [5, 5.41) is 2.59. The van der Waals surface area contributed by atoms with Crippen LogP contribution in [0.5, 0.6) is 0 Å². The third kappa shape index (κ3) is 4.03. The number of benzene rings is 1. The van der Waals surface area contributed by atoms with E-state index in [1.807, 2.05) is 13.8 Å². The number of nitrogens with two attached hydrogens (primary N) is 1. The molecule has 1 atom stereocenters. The second-order valence-electron chi connectivity index (χ2n) is 3.72. The molecule has 1 unspecified atom stereocenters.